The molecule has 12 heavy (non-hydrogen) atoms. The van der Waals surface area contributed by atoms with Gasteiger partial charge in [0.15, 0.2) is 0 Å². The summed E-state index contributed by atoms with van der Waals surface area (Å²) in [6, 6.07) is 0. The number of thiocarbonyl (C=S) groups is 1. The Morgan fingerprint density at radius 3 is 2.50 bits per heavy atom. The second kappa shape index (κ2) is 8.85. The van der Waals surface area contributed by atoms with Gasteiger partial charge in [0.1, 0.15) is 5.78 Å². The van der Waals surface area contributed by atoms with Crippen LogP contribution < -0.4 is 0 Å². The average Bonchev–Trinajstić information content (AvgIpc) is 2.05. The SMILES string of the molecule is CCCCCCCC(=O)CC=S. The third kappa shape index (κ3) is 7.86. The minimum absolute atomic E-state index is 0.293. The summed E-state index contributed by atoms with van der Waals surface area (Å²) in [4.78, 5) is 11.0. The molecule has 0 radical (unpaired) electrons. The van der Waals surface area contributed by atoms with E-state index in [4.69, 9.17) is 0 Å². The fraction of sp³-hybridized carbons (Fsp3) is 0.800. The van der Waals surface area contributed by atoms with Crippen molar-refractivity contribution in [2.45, 2.75) is 51.9 Å². The number of carbonyl (C=O) groups excluding carboxylic acids is 1. The molecule has 0 bridgehead atoms. The van der Waals surface area contributed by atoms with Gasteiger partial charge in [-0.25, -0.2) is 0 Å². The molecular weight excluding hydrogens is 168 g/mol. The molecule has 0 aliphatic rings. The Labute approximate surface area is 80.5 Å². The van der Waals surface area contributed by atoms with Crippen LogP contribution in [0.4, 0.5) is 0 Å². The Morgan fingerprint density at radius 2 is 1.92 bits per heavy atom. The molecular formula is C10H18OS. The first kappa shape index (κ1) is 11.8. The maximum Gasteiger partial charge on any atom is 0.137 e. The van der Waals surface area contributed by atoms with Crippen molar-refractivity contribution in [1.29, 1.82) is 0 Å². The van der Waals surface area contributed by atoms with Crippen LogP contribution in [0.3, 0.4) is 0 Å². The summed E-state index contributed by atoms with van der Waals surface area (Å²) in [6.07, 6.45) is 7.25. The zero-order valence-corrected chi connectivity index (χ0v) is 8.66. The molecule has 0 unspecified atom stereocenters. The molecule has 0 amide bonds. The highest BCUT2D eigenvalue weighted by Gasteiger charge is 1.98. The quantitative estimate of drug-likeness (QED) is 0.427. The van der Waals surface area contributed by atoms with E-state index in [1.807, 2.05) is 0 Å². The van der Waals surface area contributed by atoms with Gasteiger partial charge in [-0.1, -0.05) is 44.8 Å². The van der Waals surface area contributed by atoms with Gasteiger partial charge in [0.25, 0.3) is 0 Å². The van der Waals surface area contributed by atoms with Crippen molar-refractivity contribution in [3.05, 3.63) is 0 Å². The lowest BCUT2D eigenvalue weighted by atomic mass is 10.1. The minimum atomic E-state index is 0.293. The van der Waals surface area contributed by atoms with Gasteiger partial charge in [0.05, 0.1) is 0 Å². The number of Topliss-reactive ketones (excluding diaryl/α,β-unsaturated/α-hetero) is 1. The van der Waals surface area contributed by atoms with Gasteiger partial charge < -0.3 is 0 Å². The smallest absolute Gasteiger partial charge is 0.137 e. The van der Waals surface area contributed by atoms with E-state index in [0.717, 1.165) is 12.8 Å². The molecule has 0 heterocycles. The lowest BCUT2D eigenvalue weighted by Crippen LogP contribution is -1.96. The van der Waals surface area contributed by atoms with Crippen molar-refractivity contribution >= 4 is 23.4 Å². The molecule has 0 aromatic heterocycles. The van der Waals surface area contributed by atoms with Crippen molar-refractivity contribution in [2.75, 3.05) is 0 Å². The molecule has 0 aromatic carbocycles. The topological polar surface area (TPSA) is 17.1 Å². The fourth-order valence-corrected chi connectivity index (χ4v) is 1.31. The largest absolute Gasteiger partial charge is 0.299 e. The molecule has 0 aromatic rings. The molecule has 0 aliphatic heterocycles. The first-order valence-corrected chi connectivity index (χ1v) is 5.23. The molecule has 0 atom stereocenters. The summed E-state index contributed by atoms with van der Waals surface area (Å²) in [5, 5.41) is 1.52. The van der Waals surface area contributed by atoms with E-state index in [-0.39, 0.29) is 0 Å². The highest BCUT2D eigenvalue weighted by atomic mass is 32.1. The Bertz CT molecular complexity index is 132. The summed E-state index contributed by atoms with van der Waals surface area (Å²) in [5.41, 5.74) is 0. The van der Waals surface area contributed by atoms with Gasteiger partial charge in [-0.3, -0.25) is 4.79 Å². The second-order valence-corrected chi connectivity index (χ2v) is 3.41. The summed E-state index contributed by atoms with van der Waals surface area (Å²) < 4.78 is 0. The summed E-state index contributed by atoms with van der Waals surface area (Å²) in [6.45, 7) is 2.19. The van der Waals surface area contributed by atoms with Crippen LogP contribution in [-0.2, 0) is 4.79 Å². The van der Waals surface area contributed by atoms with E-state index in [9.17, 15) is 4.79 Å². The number of ketones is 1. The zero-order valence-electron chi connectivity index (χ0n) is 7.84. The third-order valence-corrected chi connectivity index (χ3v) is 2.04. The fourth-order valence-electron chi connectivity index (χ4n) is 1.12. The van der Waals surface area contributed by atoms with Crippen LogP contribution in [0.5, 0.6) is 0 Å². The van der Waals surface area contributed by atoms with Crippen LogP contribution in [0.25, 0.3) is 0 Å². The molecule has 0 spiro atoms. The van der Waals surface area contributed by atoms with Crippen LogP contribution in [0.1, 0.15) is 51.9 Å². The van der Waals surface area contributed by atoms with Gasteiger partial charge in [0.2, 0.25) is 0 Å². The van der Waals surface area contributed by atoms with E-state index < -0.39 is 0 Å². The third-order valence-electron chi connectivity index (χ3n) is 1.87. The Hall–Kier alpha value is -0.240. The van der Waals surface area contributed by atoms with Gasteiger partial charge in [-0.2, -0.15) is 0 Å². The Balaban J connectivity index is 3.08. The summed E-state index contributed by atoms with van der Waals surface area (Å²) in [7, 11) is 0. The summed E-state index contributed by atoms with van der Waals surface area (Å²) in [5.74, 6) is 0.293. The maximum atomic E-state index is 11.0. The molecule has 0 fully saturated rings. The maximum absolute atomic E-state index is 11.0. The lowest BCUT2D eigenvalue weighted by Gasteiger charge is -1.97. The lowest BCUT2D eigenvalue weighted by molar-refractivity contribution is -0.117. The van der Waals surface area contributed by atoms with Crippen molar-refractivity contribution in [1.82, 2.24) is 0 Å². The van der Waals surface area contributed by atoms with Gasteiger partial charge in [0, 0.05) is 12.8 Å². The van der Waals surface area contributed by atoms with Gasteiger partial charge in [-0.15, -0.1) is 0 Å². The molecule has 2 heteroatoms. The van der Waals surface area contributed by atoms with Crippen LogP contribution in [0, 0.1) is 0 Å². The predicted molar refractivity (Wildman–Crippen MR) is 56.7 cm³/mol. The standard InChI is InChI=1S/C10H18OS/c1-2-3-4-5-6-7-10(11)8-9-12/h9H,2-8H2,1H3. The van der Waals surface area contributed by atoms with Crippen LogP contribution in [0.2, 0.25) is 0 Å². The van der Waals surface area contributed by atoms with Crippen LogP contribution in [-0.4, -0.2) is 11.2 Å². The van der Waals surface area contributed by atoms with Crippen molar-refractivity contribution < 1.29 is 4.79 Å². The highest BCUT2D eigenvalue weighted by molar-refractivity contribution is 7.79. The molecule has 0 saturated heterocycles. The van der Waals surface area contributed by atoms with E-state index >= 15 is 0 Å². The second-order valence-electron chi connectivity index (χ2n) is 3.07. The Morgan fingerprint density at radius 1 is 1.25 bits per heavy atom. The molecule has 0 N–H and O–H groups in total. The van der Waals surface area contributed by atoms with Gasteiger partial charge in [-0.05, 0) is 11.8 Å². The van der Waals surface area contributed by atoms with Crippen molar-refractivity contribution in [3.8, 4) is 0 Å². The van der Waals surface area contributed by atoms with E-state index in [1.165, 1.54) is 31.1 Å². The normalized spacial score (nSPS) is 9.75. The predicted octanol–water partition coefficient (Wildman–Crippen LogP) is 3.31. The number of carbonyl (C=O) groups is 1. The molecule has 1 nitrogen and oxygen atoms in total. The number of unbranched alkanes of at least 4 members (excludes halogenated alkanes) is 4. The van der Waals surface area contributed by atoms with E-state index in [0.29, 0.717) is 12.2 Å². The number of rotatable bonds is 8. The monoisotopic (exact) mass is 186 g/mol. The molecule has 0 aliphatic carbocycles. The number of hydrogen-bond acceptors (Lipinski definition) is 2. The Kier molecular flexibility index (Phi) is 8.68. The average molecular weight is 186 g/mol. The molecule has 70 valence electrons. The number of hydrogen-bond donors (Lipinski definition) is 0. The minimum Gasteiger partial charge on any atom is -0.299 e. The van der Waals surface area contributed by atoms with Crippen molar-refractivity contribution in [3.63, 3.8) is 0 Å². The first-order valence-electron chi connectivity index (χ1n) is 4.76. The zero-order chi connectivity index (χ0) is 9.23. The highest BCUT2D eigenvalue weighted by Crippen LogP contribution is 2.05. The van der Waals surface area contributed by atoms with E-state index in [1.54, 1.807) is 0 Å². The first-order chi connectivity index (χ1) is 5.81. The van der Waals surface area contributed by atoms with Gasteiger partial charge >= 0.3 is 0 Å². The van der Waals surface area contributed by atoms with Crippen molar-refractivity contribution in [2.24, 2.45) is 0 Å². The van der Waals surface area contributed by atoms with Crippen LogP contribution in [0.15, 0.2) is 0 Å². The summed E-state index contributed by atoms with van der Waals surface area (Å²) >= 11 is 4.60. The molecule has 0 rings (SSSR count). The van der Waals surface area contributed by atoms with E-state index in [2.05, 4.69) is 19.1 Å². The molecule has 0 saturated carbocycles. The van der Waals surface area contributed by atoms with Crippen LogP contribution >= 0.6 is 12.2 Å².